The first kappa shape index (κ1) is 18.1. The Hall–Kier alpha value is -2.74. The van der Waals surface area contributed by atoms with Crippen LogP contribution in [-0.2, 0) is 4.79 Å². The smallest absolute Gasteiger partial charge is 0.259 e. The number of aliphatic hydroxyl groups is 1. The third-order valence-corrected chi connectivity index (χ3v) is 4.44. The van der Waals surface area contributed by atoms with Gasteiger partial charge < -0.3 is 19.4 Å². The third kappa shape index (κ3) is 3.45. The van der Waals surface area contributed by atoms with Crippen molar-refractivity contribution in [1.29, 1.82) is 0 Å². The van der Waals surface area contributed by atoms with Gasteiger partial charge in [0.1, 0.15) is 23.2 Å². The number of aliphatic hydroxyl groups excluding tert-OH is 1. The van der Waals surface area contributed by atoms with E-state index in [0.717, 1.165) is 0 Å². The fraction of sp³-hybridized carbons (Fsp3) is 0.389. The maximum atomic E-state index is 13.2. The number of benzene rings is 1. The molecule has 138 valence electrons. The zero-order valence-corrected chi connectivity index (χ0v) is 14.6. The van der Waals surface area contributed by atoms with E-state index in [-0.39, 0.29) is 28.8 Å². The zero-order chi connectivity index (χ0) is 18.8. The molecule has 2 aromatic rings. The zero-order valence-electron chi connectivity index (χ0n) is 14.6. The molecule has 0 bridgehead atoms. The lowest BCUT2D eigenvalue weighted by Gasteiger charge is -2.34. The van der Waals surface area contributed by atoms with Gasteiger partial charge in [-0.1, -0.05) is 5.16 Å². The van der Waals surface area contributed by atoms with Crippen molar-refractivity contribution in [3.8, 4) is 11.3 Å². The average Bonchev–Trinajstić information content (AvgIpc) is 3.07. The normalized spacial score (nSPS) is 15.8. The van der Waals surface area contributed by atoms with E-state index < -0.39 is 11.9 Å². The quantitative estimate of drug-likeness (QED) is 0.901. The molecule has 1 aliphatic heterocycles. The second-order valence-electron chi connectivity index (χ2n) is 6.25. The van der Waals surface area contributed by atoms with Gasteiger partial charge in [-0.05, 0) is 31.2 Å². The second kappa shape index (κ2) is 7.25. The van der Waals surface area contributed by atoms with Crippen LogP contribution in [0.5, 0.6) is 0 Å². The Bertz CT molecular complexity index is 808. The topological polar surface area (TPSA) is 86.9 Å². The molecule has 2 amide bonds. The van der Waals surface area contributed by atoms with Crippen LogP contribution in [0.25, 0.3) is 11.3 Å². The Morgan fingerprint density at radius 2 is 1.73 bits per heavy atom. The molecule has 8 heteroatoms. The minimum atomic E-state index is -1.02. The Kier molecular flexibility index (Phi) is 5.03. The minimum absolute atomic E-state index is 0.0289. The lowest BCUT2D eigenvalue weighted by molar-refractivity contribution is -0.130. The highest BCUT2D eigenvalue weighted by Gasteiger charge is 2.31. The molecule has 26 heavy (non-hydrogen) atoms. The van der Waals surface area contributed by atoms with E-state index in [4.69, 9.17) is 4.52 Å². The number of nitrogens with zero attached hydrogens (tertiary/aromatic N) is 3. The Morgan fingerprint density at radius 1 is 1.15 bits per heavy atom. The maximum Gasteiger partial charge on any atom is 0.259 e. The van der Waals surface area contributed by atoms with Gasteiger partial charge in [-0.15, -0.1) is 0 Å². The number of hydrogen-bond donors (Lipinski definition) is 1. The summed E-state index contributed by atoms with van der Waals surface area (Å²) in [5.41, 5.74) is 0.954. The van der Waals surface area contributed by atoms with Crippen molar-refractivity contribution in [3.05, 3.63) is 41.4 Å². The van der Waals surface area contributed by atoms with Crippen LogP contribution in [0.2, 0.25) is 0 Å². The molecule has 7 nitrogen and oxygen atoms in total. The lowest BCUT2D eigenvalue weighted by atomic mass is 10.0. The third-order valence-electron chi connectivity index (χ3n) is 4.44. The number of hydrogen-bond acceptors (Lipinski definition) is 5. The van der Waals surface area contributed by atoms with Gasteiger partial charge in [0.15, 0.2) is 5.76 Å². The largest absolute Gasteiger partial charge is 0.385 e. The van der Waals surface area contributed by atoms with Crippen LogP contribution < -0.4 is 0 Å². The molecule has 1 saturated heterocycles. The molecule has 1 aromatic carbocycles. The fourth-order valence-corrected chi connectivity index (χ4v) is 2.98. The molecule has 0 radical (unpaired) electrons. The average molecular weight is 361 g/mol. The summed E-state index contributed by atoms with van der Waals surface area (Å²) in [5.74, 6) is -0.687. The summed E-state index contributed by atoms with van der Waals surface area (Å²) in [4.78, 5) is 27.8. The van der Waals surface area contributed by atoms with E-state index >= 15 is 0 Å². The van der Waals surface area contributed by atoms with Gasteiger partial charge in [0.2, 0.25) is 5.91 Å². The van der Waals surface area contributed by atoms with Gasteiger partial charge in [0.05, 0.1) is 0 Å². The van der Waals surface area contributed by atoms with E-state index in [2.05, 4.69) is 5.16 Å². The van der Waals surface area contributed by atoms with E-state index in [1.165, 1.54) is 38.1 Å². The number of aromatic nitrogens is 1. The minimum Gasteiger partial charge on any atom is -0.385 e. The van der Waals surface area contributed by atoms with Crippen LogP contribution in [0.1, 0.15) is 36.1 Å². The van der Waals surface area contributed by atoms with Crippen LogP contribution in [0, 0.1) is 5.82 Å². The predicted octanol–water partition coefficient (Wildman–Crippen LogP) is 1.84. The van der Waals surface area contributed by atoms with Crippen molar-refractivity contribution in [2.24, 2.45) is 0 Å². The molecule has 1 aliphatic rings. The molecule has 0 aliphatic carbocycles. The van der Waals surface area contributed by atoms with Crippen molar-refractivity contribution in [1.82, 2.24) is 15.0 Å². The molecule has 3 rings (SSSR count). The van der Waals surface area contributed by atoms with Gasteiger partial charge >= 0.3 is 0 Å². The number of amides is 2. The van der Waals surface area contributed by atoms with Crippen molar-refractivity contribution >= 4 is 11.8 Å². The number of rotatable bonds is 3. The van der Waals surface area contributed by atoms with Crippen LogP contribution in [0.4, 0.5) is 4.39 Å². The first-order chi connectivity index (χ1) is 12.4. The van der Waals surface area contributed by atoms with Gasteiger partial charge in [-0.25, -0.2) is 4.39 Å². The highest BCUT2D eigenvalue weighted by Crippen LogP contribution is 2.30. The maximum absolute atomic E-state index is 13.2. The summed E-state index contributed by atoms with van der Waals surface area (Å²) in [5, 5.41) is 13.9. The number of carbonyl (C=O) groups excluding carboxylic acids is 2. The monoisotopic (exact) mass is 361 g/mol. The number of halogens is 1. The lowest BCUT2D eigenvalue weighted by Crippen LogP contribution is -2.50. The Labute approximate surface area is 150 Å². The van der Waals surface area contributed by atoms with Crippen LogP contribution in [0.3, 0.4) is 0 Å². The molecule has 0 saturated carbocycles. The predicted molar refractivity (Wildman–Crippen MR) is 90.7 cm³/mol. The standard InChI is InChI=1S/C18H20FN3O4/c1-11(23)17-15(16(20-26-17)13-3-5-14(19)6-4-13)18(25)22-9-7-21(8-10-22)12(2)24/h3-6,11,23H,7-10H2,1-2H3. The molecule has 1 aromatic heterocycles. The molecule has 1 N–H and O–H groups in total. The first-order valence-electron chi connectivity index (χ1n) is 8.37. The molecule has 1 atom stereocenters. The van der Waals surface area contributed by atoms with Gasteiger partial charge in [0.25, 0.3) is 5.91 Å². The van der Waals surface area contributed by atoms with Crippen LogP contribution in [0.15, 0.2) is 28.8 Å². The van der Waals surface area contributed by atoms with Crippen LogP contribution in [-0.4, -0.2) is 58.1 Å². The Balaban J connectivity index is 1.92. The molecule has 1 unspecified atom stereocenters. The fourth-order valence-electron chi connectivity index (χ4n) is 2.98. The molecule has 1 fully saturated rings. The van der Waals surface area contributed by atoms with E-state index in [1.54, 1.807) is 9.80 Å². The molecule has 2 heterocycles. The SMILES string of the molecule is CC(=O)N1CCN(C(=O)c2c(-c3ccc(F)cc3)noc2C(C)O)CC1. The van der Waals surface area contributed by atoms with Gasteiger partial charge in [0, 0.05) is 38.7 Å². The summed E-state index contributed by atoms with van der Waals surface area (Å²) >= 11 is 0. The highest BCUT2D eigenvalue weighted by molar-refractivity contribution is 6.01. The Morgan fingerprint density at radius 3 is 2.27 bits per heavy atom. The van der Waals surface area contributed by atoms with Crippen LogP contribution >= 0.6 is 0 Å². The van der Waals surface area contributed by atoms with E-state index in [1.807, 2.05) is 0 Å². The van der Waals surface area contributed by atoms with E-state index in [0.29, 0.717) is 31.7 Å². The number of piperazine rings is 1. The number of carbonyl (C=O) groups is 2. The summed E-state index contributed by atoms with van der Waals surface area (Å²) in [6.45, 7) is 4.64. The van der Waals surface area contributed by atoms with Gasteiger partial charge in [-0.2, -0.15) is 0 Å². The first-order valence-corrected chi connectivity index (χ1v) is 8.37. The molecule has 0 spiro atoms. The van der Waals surface area contributed by atoms with Crippen molar-refractivity contribution in [3.63, 3.8) is 0 Å². The summed E-state index contributed by atoms with van der Waals surface area (Å²) in [7, 11) is 0. The van der Waals surface area contributed by atoms with Crippen molar-refractivity contribution in [2.45, 2.75) is 20.0 Å². The van der Waals surface area contributed by atoms with Gasteiger partial charge in [-0.3, -0.25) is 9.59 Å². The van der Waals surface area contributed by atoms with Crippen molar-refractivity contribution < 1.29 is 23.6 Å². The molecular weight excluding hydrogens is 341 g/mol. The second-order valence-corrected chi connectivity index (χ2v) is 6.25. The summed E-state index contributed by atoms with van der Waals surface area (Å²) in [6, 6.07) is 5.55. The molecular formula is C18H20FN3O4. The van der Waals surface area contributed by atoms with Crippen molar-refractivity contribution in [2.75, 3.05) is 26.2 Å². The summed E-state index contributed by atoms with van der Waals surface area (Å²) < 4.78 is 18.4. The highest BCUT2D eigenvalue weighted by atomic mass is 19.1. The summed E-state index contributed by atoms with van der Waals surface area (Å²) in [6.07, 6.45) is -1.02. The van der Waals surface area contributed by atoms with E-state index in [9.17, 15) is 19.1 Å².